The number of carbonyl (C=O) groups is 2. The molecule has 1 heterocycles. The second-order valence-corrected chi connectivity index (χ2v) is 8.21. The zero-order valence-electron chi connectivity index (χ0n) is 17.6. The molecule has 0 radical (unpaired) electrons. The molecule has 0 spiro atoms. The monoisotopic (exact) mass is 453 g/mol. The SMILES string of the molecule is O=C1c2ccccc2OC(c2ccccc2)C1N(C(=O)c1ccc(Cl)cc1)c1ccccc1. The fraction of sp³-hybridized carbons (Fsp3) is 0.0714. The molecule has 162 valence electrons. The molecule has 0 aliphatic carbocycles. The highest BCUT2D eigenvalue weighted by atomic mass is 35.5. The molecule has 5 heteroatoms. The Bertz CT molecular complexity index is 1290. The van der Waals surface area contributed by atoms with Crippen molar-refractivity contribution < 1.29 is 14.3 Å². The first kappa shape index (κ1) is 21.0. The summed E-state index contributed by atoms with van der Waals surface area (Å²) in [6.07, 6.45) is -0.676. The van der Waals surface area contributed by atoms with E-state index in [1.165, 1.54) is 0 Å². The van der Waals surface area contributed by atoms with Gasteiger partial charge in [0.25, 0.3) is 5.91 Å². The van der Waals surface area contributed by atoms with Crippen LogP contribution in [0.4, 0.5) is 5.69 Å². The molecule has 5 rings (SSSR count). The first-order valence-corrected chi connectivity index (χ1v) is 11.0. The molecular weight excluding hydrogens is 434 g/mol. The van der Waals surface area contributed by atoms with Gasteiger partial charge >= 0.3 is 0 Å². The van der Waals surface area contributed by atoms with Gasteiger partial charge in [-0.15, -0.1) is 0 Å². The minimum atomic E-state index is -0.895. The summed E-state index contributed by atoms with van der Waals surface area (Å²) in [6.45, 7) is 0. The maximum Gasteiger partial charge on any atom is 0.259 e. The van der Waals surface area contributed by atoms with Gasteiger partial charge in [0.1, 0.15) is 11.8 Å². The van der Waals surface area contributed by atoms with Crippen LogP contribution < -0.4 is 9.64 Å². The molecule has 0 saturated carbocycles. The highest BCUT2D eigenvalue weighted by molar-refractivity contribution is 6.30. The van der Waals surface area contributed by atoms with Crippen molar-refractivity contribution >= 4 is 29.0 Å². The Morgan fingerprint density at radius 2 is 1.36 bits per heavy atom. The van der Waals surface area contributed by atoms with Crippen LogP contribution in [0.25, 0.3) is 0 Å². The number of carbonyl (C=O) groups excluding carboxylic acids is 2. The van der Waals surface area contributed by atoms with Crippen LogP contribution >= 0.6 is 11.6 Å². The number of nitrogens with zero attached hydrogens (tertiary/aromatic N) is 1. The Morgan fingerprint density at radius 1 is 0.758 bits per heavy atom. The van der Waals surface area contributed by atoms with Crippen molar-refractivity contribution in [3.63, 3.8) is 0 Å². The third kappa shape index (κ3) is 4.01. The summed E-state index contributed by atoms with van der Waals surface area (Å²) in [6, 6.07) is 31.7. The van der Waals surface area contributed by atoms with Crippen LogP contribution in [0.2, 0.25) is 5.02 Å². The Morgan fingerprint density at radius 3 is 2.06 bits per heavy atom. The number of Topliss-reactive ketones (excluding diaryl/α,β-unsaturated/α-hetero) is 1. The molecule has 0 N–H and O–H groups in total. The maximum atomic E-state index is 13.9. The Balaban J connectivity index is 1.69. The second-order valence-electron chi connectivity index (χ2n) is 7.77. The maximum absolute atomic E-state index is 13.9. The van der Waals surface area contributed by atoms with Crippen LogP contribution in [-0.4, -0.2) is 17.7 Å². The summed E-state index contributed by atoms with van der Waals surface area (Å²) in [4.78, 5) is 29.3. The van der Waals surface area contributed by atoms with Gasteiger partial charge in [-0.1, -0.05) is 72.3 Å². The molecule has 1 aliphatic heterocycles. The average Bonchev–Trinajstić information content (AvgIpc) is 2.87. The van der Waals surface area contributed by atoms with Gasteiger partial charge in [-0.3, -0.25) is 14.5 Å². The molecule has 0 bridgehead atoms. The number of para-hydroxylation sites is 2. The minimum Gasteiger partial charge on any atom is -0.482 e. The Kier molecular flexibility index (Phi) is 5.68. The van der Waals surface area contributed by atoms with Crippen molar-refractivity contribution in [3.8, 4) is 5.75 Å². The van der Waals surface area contributed by atoms with Crippen molar-refractivity contribution in [2.75, 3.05) is 4.90 Å². The van der Waals surface area contributed by atoms with Crippen LogP contribution in [-0.2, 0) is 0 Å². The number of amides is 1. The van der Waals surface area contributed by atoms with Gasteiger partial charge in [0.05, 0.1) is 5.56 Å². The van der Waals surface area contributed by atoms with Crippen molar-refractivity contribution in [1.82, 2.24) is 0 Å². The molecule has 2 atom stereocenters. The number of rotatable bonds is 4. The highest BCUT2D eigenvalue weighted by Crippen LogP contribution is 2.39. The molecule has 4 aromatic rings. The zero-order chi connectivity index (χ0) is 22.8. The van der Waals surface area contributed by atoms with E-state index in [-0.39, 0.29) is 11.7 Å². The number of hydrogen-bond donors (Lipinski definition) is 0. The number of ketones is 1. The number of ether oxygens (including phenoxy) is 1. The van der Waals surface area contributed by atoms with E-state index in [9.17, 15) is 9.59 Å². The molecule has 1 amide bonds. The molecule has 4 aromatic carbocycles. The Labute approximate surface area is 197 Å². The summed E-state index contributed by atoms with van der Waals surface area (Å²) in [5.74, 6) is 0.0385. The number of benzene rings is 4. The van der Waals surface area contributed by atoms with E-state index >= 15 is 0 Å². The third-order valence-electron chi connectivity index (χ3n) is 5.71. The first-order chi connectivity index (χ1) is 16.1. The van der Waals surface area contributed by atoms with Gasteiger partial charge in [0, 0.05) is 16.3 Å². The van der Waals surface area contributed by atoms with E-state index in [0.717, 1.165) is 5.56 Å². The predicted molar refractivity (Wildman–Crippen MR) is 129 cm³/mol. The molecular formula is C28H20ClNO3. The standard InChI is InChI=1S/C28H20ClNO3/c29-21-17-15-20(16-18-21)28(32)30(22-11-5-2-6-12-22)25-26(31)23-13-7-8-14-24(23)33-27(25)19-9-3-1-4-10-19/h1-18,25,27H. The number of hydrogen-bond acceptors (Lipinski definition) is 3. The van der Waals surface area contributed by atoms with Crippen LogP contribution in [0, 0.1) is 0 Å². The molecule has 4 nitrogen and oxygen atoms in total. The Hall–Kier alpha value is -3.89. The van der Waals surface area contributed by atoms with Gasteiger partial charge < -0.3 is 4.74 Å². The number of halogens is 1. The van der Waals surface area contributed by atoms with Crippen LogP contribution in [0.3, 0.4) is 0 Å². The molecule has 0 fully saturated rings. The van der Waals surface area contributed by atoms with Gasteiger partial charge in [-0.2, -0.15) is 0 Å². The second kappa shape index (κ2) is 8.93. The number of anilines is 1. The summed E-state index contributed by atoms with van der Waals surface area (Å²) >= 11 is 6.05. The number of fused-ring (bicyclic) bond motifs is 1. The third-order valence-corrected chi connectivity index (χ3v) is 5.96. The van der Waals surface area contributed by atoms with Crippen molar-refractivity contribution in [2.24, 2.45) is 0 Å². The lowest BCUT2D eigenvalue weighted by atomic mass is 9.89. The average molecular weight is 454 g/mol. The predicted octanol–water partition coefficient (Wildman–Crippen LogP) is 6.37. The van der Waals surface area contributed by atoms with E-state index in [0.29, 0.717) is 27.6 Å². The topological polar surface area (TPSA) is 46.6 Å². The van der Waals surface area contributed by atoms with Gasteiger partial charge in [0.2, 0.25) is 0 Å². The fourth-order valence-corrected chi connectivity index (χ4v) is 4.27. The highest BCUT2D eigenvalue weighted by Gasteiger charge is 2.44. The molecule has 0 saturated heterocycles. The van der Waals surface area contributed by atoms with Crippen molar-refractivity contribution in [3.05, 3.63) is 131 Å². The zero-order valence-corrected chi connectivity index (χ0v) is 18.4. The van der Waals surface area contributed by atoms with Crippen LogP contribution in [0.5, 0.6) is 5.75 Å². The lowest BCUT2D eigenvalue weighted by Crippen LogP contribution is -2.52. The molecule has 1 aliphatic rings. The summed E-state index contributed by atoms with van der Waals surface area (Å²) in [5, 5.41) is 0.533. The van der Waals surface area contributed by atoms with E-state index < -0.39 is 12.1 Å². The lowest BCUT2D eigenvalue weighted by Gasteiger charge is -2.39. The molecule has 33 heavy (non-hydrogen) atoms. The van der Waals surface area contributed by atoms with Gasteiger partial charge in [0.15, 0.2) is 11.9 Å². The van der Waals surface area contributed by atoms with E-state index in [1.807, 2.05) is 66.7 Å². The van der Waals surface area contributed by atoms with E-state index in [2.05, 4.69) is 0 Å². The molecule has 2 unspecified atom stereocenters. The smallest absolute Gasteiger partial charge is 0.259 e. The van der Waals surface area contributed by atoms with E-state index in [1.54, 1.807) is 47.4 Å². The van der Waals surface area contributed by atoms with Crippen LogP contribution in [0.1, 0.15) is 32.4 Å². The van der Waals surface area contributed by atoms with Gasteiger partial charge in [-0.25, -0.2) is 0 Å². The van der Waals surface area contributed by atoms with Crippen molar-refractivity contribution in [2.45, 2.75) is 12.1 Å². The first-order valence-electron chi connectivity index (χ1n) is 10.6. The largest absolute Gasteiger partial charge is 0.482 e. The van der Waals surface area contributed by atoms with Gasteiger partial charge in [-0.05, 0) is 54.1 Å². The van der Waals surface area contributed by atoms with Crippen molar-refractivity contribution in [1.29, 1.82) is 0 Å². The normalized spacial score (nSPS) is 17.1. The van der Waals surface area contributed by atoms with E-state index in [4.69, 9.17) is 16.3 Å². The van der Waals surface area contributed by atoms with Crippen LogP contribution in [0.15, 0.2) is 109 Å². The summed E-state index contributed by atoms with van der Waals surface area (Å²) < 4.78 is 6.37. The molecule has 0 aromatic heterocycles. The summed E-state index contributed by atoms with van der Waals surface area (Å²) in [7, 11) is 0. The lowest BCUT2D eigenvalue weighted by molar-refractivity contribution is 0.0730. The minimum absolute atomic E-state index is 0.170. The quantitative estimate of drug-likeness (QED) is 0.360. The fourth-order valence-electron chi connectivity index (χ4n) is 4.14. The summed E-state index contributed by atoms with van der Waals surface area (Å²) in [5.41, 5.74) is 2.32.